The van der Waals surface area contributed by atoms with Gasteiger partial charge in [0.05, 0.1) is 6.54 Å². The van der Waals surface area contributed by atoms with Crippen molar-refractivity contribution in [1.29, 1.82) is 0 Å². The topological polar surface area (TPSA) is 78.9 Å². The SMILES string of the molecule is CCC1(c2ccc(Cl)cc2)NC(=O)N(CC(O)COc2c(C)ccc(C)c2C)C1=O. The van der Waals surface area contributed by atoms with Crippen molar-refractivity contribution >= 4 is 23.5 Å². The Morgan fingerprint density at radius 1 is 1.10 bits per heavy atom. The third-order valence-corrected chi connectivity index (χ3v) is 5.98. The maximum Gasteiger partial charge on any atom is 0.325 e. The zero-order valence-electron chi connectivity index (χ0n) is 17.7. The van der Waals surface area contributed by atoms with E-state index >= 15 is 0 Å². The molecule has 2 atom stereocenters. The number of aliphatic hydroxyl groups excluding tert-OH is 1. The van der Waals surface area contributed by atoms with E-state index in [1.807, 2.05) is 39.8 Å². The zero-order valence-corrected chi connectivity index (χ0v) is 18.4. The molecule has 0 saturated carbocycles. The van der Waals surface area contributed by atoms with Crippen LogP contribution in [-0.2, 0) is 10.3 Å². The molecule has 160 valence electrons. The van der Waals surface area contributed by atoms with Gasteiger partial charge >= 0.3 is 6.03 Å². The fourth-order valence-electron chi connectivity index (χ4n) is 3.76. The van der Waals surface area contributed by atoms with Crippen molar-refractivity contribution in [3.63, 3.8) is 0 Å². The molecule has 1 aliphatic heterocycles. The summed E-state index contributed by atoms with van der Waals surface area (Å²) in [4.78, 5) is 26.8. The molecular weight excluding hydrogens is 404 g/mol. The van der Waals surface area contributed by atoms with Crippen LogP contribution in [0.2, 0.25) is 5.02 Å². The molecule has 30 heavy (non-hydrogen) atoms. The Kier molecular flexibility index (Phi) is 6.38. The van der Waals surface area contributed by atoms with E-state index in [1.54, 1.807) is 24.3 Å². The lowest BCUT2D eigenvalue weighted by Gasteiger charge is -2.26. The van der Waals surface area contributed by atoms with Crippen LogP contribution in [-0.4, -0.2) is 41.2 Å². The molecule has 1 heterocycles. The standard InChI is InChI=1S/C23H27ClN2O4/c1-5-23(17-8-10-18(24)11-9-17)21(28)26(22(29)25-23)12-19(27)13-30-20-15(3)7-6-14(2)16(20)4/h6-11,19,27H,5,12-13H2,1-4H3,(H,25,29). The molecular formula is C23H27ClN2O4. The second kappa shape index (κ2) is 8.66. The number of nitrogens with zero attached hydrogens (tertiary/aromatic N) is 1. The molecule has 6 nitrogen and oxygen atoms in total. The van der Waals surface area contributed by atoms with Gasteiger partial charge in [0.25, 0.3) is 5.91 Å². The number of aryl methyl sites for hydroxylation is 2. The summed E-state index contributed by atoms with van der Waals surface area (Å²) in [6.07, 6.45) is -0.638. The van der Waals surface area contributed by atoms with Crippen LogP contribution < -0.4 is 10.1 Å². The highest BCUT2D eigenvalue weighted by molar-refractivity contribution is 6.30. The Morgan fingerprint density at radius 3 is 2.37 bits per heavy atom. The summed E-state index contributed by atoms with van der Waals surface area (Å²) in [6, 6.07) is 10.3. The molecule has 0 aliphatic carbocycles. The number of benzene rings is 2. The molecule has 2 unspecified atom stereocenters. The number of aliphatic hydroxyl groups is 1. The molecule has 0 bridgehead atoms. The van der Waals surface area contributed by atoms with E-state index in [9.17, 15) is 14.7 Å². The lowest BCUT2D eigenvalue weighted by atomic mass is 9.87. The minimum atomic E-state index is -1.16. The van der Waals surface area contributed by atoms with E-state index in [0.29, 0.717) is 17.0 Å². The van der Waals surface area contributed by atoms with Crippen molar-refractivity contribution in [3.05, 3.63) is 63.7 Å². The van der Waals surface area contributed by atoms with Crippen molar-refractivity contribution in [2.45, 2.75) is 45.8 Å². The lowest BCUT2D eigenvalue weighted by molar-refractivity contribution is -0.132. The number of hydrogen-bond donors (Lipinski definition) is 2. The Hall–Kier alpha value is -2.57. The number of carbonyl (C=O) groups is 2. The van der Waals surface area contributed by atoms with Crippen molar-refractivity contribution in [2.24, 2.45) is 0 Å². The average Bonchev–Trinajstić information content (AvgIpc) is 2.96. The van der Waals surface area contributed by atoms with E-state index < -0.39 is 17.7 Å². The third-order valence-electron chi connectivity index (χ3n) is 5.73. The summed E-state index contributed by atoms with van der Waals surface area (Å²) >= 11 is 5.96. The Morgan fingerprint density at radius 2 is 1.73 bits per heavy atom. The van der Waals surface area contributed by atoms with Crippen molar-refractivity contribution in [1.82, 2.24) is 10.2 Å². The molecule has 0 spiro atoms. The highest BCUT2D eigenvalue weighted by Crippen LogP contribution is 2.33. The second-order valence-corrected chi connectivity index (χ2v) is 8.17. The van der Waals surface area contributed by atoms with Gasteiger partial charge in [0.2, 0.25) is 0 Å². The maximum atomic E-state index is 13.2. The zero-order chi connectivity index (χ0) is 22.1. The quantitative estimate of drug-likeness (QED) is 0.654. The fourth-order valence-corrected chi connectivity index (χ4v) is 3.88. The number of urea groups is 1. The molecule has 1 fully saturated rings. The number of carbonyl (C=O) groups excluding carboxylic acids is 2. The molecule has 3 amide bonds. The van der Waals surface area contributed by atoms with Crippen molar-refractivity contribution in [3.8, 4) is 5.75 Å². The first-order chi connectivity index (χ1) is 14.2. The molecule has 7 heteroatoms. The molecule has 1 aliphatic rings. The molecule has 2 N–H and O–H groups in total. The molecule has 2 aromatic carbocycles. The minimum Gasteiger partial charge on any atom is -0.490 e. The van der Waals surface area contributed by atoms with E-state index in [4.69, 9.17) is 16.3 Å². The number of halogens is 1. The number of β-amino-alcohol motifs (C(OH)–C–C–N with tert-alkyl or cyclic N) is 1. The maximum absolute atomic E-state index is 13.2. The molecule has 0 aromatic heterocycles. The fraction of sp³-hybridized carbons (Fsp3) is 0.391. The molecule has 1 saturated heterocycles. The summed E-state index contributed by atoms with van der Waals surface area (Å²) in [5.74, 6) is 0.328. The summed E-state index contributed by atoms with van der Waals surface area (Å²) in [5.41, 5.74) is 2.56. The first-order valence-electron chi connectivity index (χ1n) is 9.97. The van der Waals surface area contributed by atoms with Crippen LogP contribution in [0.1, 0.15) is 35.6 Å². The van der Waals surface area contributed by atoms with Gasteiger partial charge in [-0.3, -0.25) is 9.69 Å². The van der Waals surface area contributed by atoms with Gasteiger partial charge in [-0.2, -0.15) is 0 Å². The summed E-state index contributed by atoms with van der Waals surface area (Å²) < 4.78 is 5.83. The van der Waals surface area contributed by atoms with Crippen LogP contribution in [0.5, 0.6) is 5.75 Å². The molecule has 0 radical (unpaired) electrons. The summed E-state index contributed by atoms with van der Waals surface area (Å²) in [7, 11) is 0. The number of nitrogens with one attached hydrogen (secondary N) is 1. The van der Waals surface area contributed by atoms with Gasteiger partial charge in [0, 0.05) is 5.02 Å². The predicted octanol–water partition coefficient (Wildman–Crippen LogP) is 3.86. The first-order valence-corrected chi connectivity index (χ1v) is 10.3. The van der Waals surface area contributed by atoms with Crippen molar-refractivity contribution < 1.29 is 19.4 Å². The smallest absolute Gasteiger partial charge is 0.325 e. The summed E-state index contributed by atoms with van der Waals surface area (Å²) in [5, 5.41) is 13.8. The number of hydrogen-bond acceptors (Lipinski definition) is 4. The van der Waals surface area contributed by atoms with Gasteiger partial charge in [-0.05, 0) is 61.6 Å². The number of amides is 3. The second-order valence-electron chi connectivity index (χ2n) is 7.73. The van der Waals surface area contributed by atoms with Gasteiger partial charge in [-0.25, -0.2) is 4.79 Å². The van der Waals surface area contributed by atoms with Crippen LogP contribution in [0, 0.1) is 20.8 Å². The number of imide groups is 1. The van der Waals surface area contributed by atoms with Crippen molar-refractivity contribution in [2.75, 3.05) is 13.2 Å². The monoisotopic (exact) mass is 430 g/mol. The Bertz CT molecular complexity index is 960. The van der Waals surface area contributed by atoms with Crippen LogP contribution >= 0.6 is 11.6 Å². The van der Waals surface area contributed by atoms with Gasteiger partial charge in [-0.15, -0.1) is 0 Å². The van der Waals surface area contributed by atoms with Gasteiger partial charge in [0.15, 0.2) is 0 Å². The third kappa shape index (κ3) is 4.02. The van der Waals surface area contributed by atoms with E-state index in [1.165, 1.54) is 0 Å². The van der Waals surface area contributed by atoms with Crippen LogP contribution in [0.4, 0.5) is 4.79 Å². The van der Waals surface area contributed by atoms with Gasteiger partial charge in [-0.1, -0.05) is 42.8 Å². The van der Waals surface area contributed by atoms with Crippen LogP contribution in [0.25, 0.3) is 0 Å². The number of ether oxygens (including phenoxy) is 1. The minimum absolute atomic E-state index is 0.0255. The Balaban J connectivity index is 1.72. The lowest BCUT2D eigenvalue weighted by Crippen LogP contribution is -2.44. The highest BCUT2D eigenvalue weighted by Gasteiger charge is 2.51. The van der Waals surface area contributed by atoms with Crippen LogP contribution in [0.3, 0.4) is 0 Å². The molecule has 3 rings (SSSR count). The largest absolute Gasteiger partial charge is 0.490 e. The van der Waals surface area contributed by atoms with E-state index in [2.05, 4.69) is 5.32 Å². The van der Waals surface area contributed by atoms with E-state index in [0.717, 1.165) is 27.3 Å². The van der Waals surface area contributed by atoms with E-state index in [-0.39, 0.29) is 19.1 Å². The highest BCUT2D eigenvalue weighted by atomic mass is 35.5. The first kappa shape index (κ1) is 22.1. The Labute approximate surface area is 181 Å². The van der Waals surface area contributed by atoms with Gasteiger partial charge < -0.3 is 15.2 Å². The van der Waals surface area contributed by atoms with Crippen LogP contribution in [0.15, 0.2) is 36.4 Å². The van der Waals surface area contributed by atoms with Gasteiger partial charge in [0.1, 0.15) is 24.0 Å². The number of rotatable bonds is 7. The normalized spacial score (nSPS) is 19.7. The average molecular weight is 431 g/mol. The predicted molar refractivity (Wildman–Crippen MR) is 116 cm³/mol. The molecule has 2 aromatic rings. The summed E-state index contributed by atoms with van der Waals surface area (Å²) in [6.45, 7) is 7.55.